The topological polar surface area (TPSA) is 76.1 Å². The lowest BCUT2D eigenvalue weighted by atomic mass is 10.1. The minimum absolute atomic E-state index is 0.355. The molecular formula is C17H25NO5. The summed E-state index contributed by atoms with van der Waals surface area (Å²) in [5.41, 5.74) is 0.355. The average Bonchev–Trinajstić information content (AvgIpc) is 2.52. The molecule has 6 nitrogen and oxygen atoms in total. The summed E-state index contributed by atoms with van der Waals surface area (Å²) in [5, 5.41) is 9.00. The first-order valence-electron chi connectivity index (χ1n) is 7.58. The van der Waals surface area contributed by atoms with Crippen LogP contribution in [0.25, 0.3) is 0 Å². The lowest BCUT2D eigenvalue weighted by Crippen LogP contribution is -2.40. The number of ether oxygens (including phenoxy) is 2. The fourth-order valence-corrected chi connectivity index (χ4v) is 1.87. The second kappa shape index (κ2) is 8.41. The van der Waals surface area contributed by atoms with Gasteiger partial charge in [-0.25, -0.2) is 4.79 Å². The molecule has 1 atom stereocenters. The summed E-state index contributed by atoms with van der Waals surface area (Å²) in [5.74, 6) is 0.121. The number of likely N-dealkylation sites (N-methyl/N-ethyl adjacent to an activating group) is 1. The Hall–Kier alpha value is -2.24. The minimum Gasteiger partial charge on any atom is -0.493 e. The van der Waals surface area contributed by atoms with Gasteiger partial charge in [-0.1, -0.05) is 13.8 Å². The van der Waals surface area contributed by atoms with Crippen LogP contribution in [0.15, 0.2) is 18.2 Å². The molecule has 1 aromatic carbocycles. The summed E-state index contributed by atoms with van der Waals surface area (Å²) < 4.78 is 10.9. The molecule has 0 aliphatic heterocycles. The molecule has 0 saturated heterocycles. The van der Waals surface area contributed by atoms with Crippen LogP contribution in [0.3, 0.4) is 0 Å². The van der Waals surface area contributed by atoms with E-state index >= 15 is 0 Å². The largest absolute Gasteiger partial charge is 0.493 e. The summed E-state index contributed by atoms with van der Waals surface area (Å²) in [6.07, 6.45) is 0.919. The van der Waals surface area contributed by atoms with E-state index in [0.717, 1.165) is 6.42 Å². The fraction of sp³-hybridized carbons (Fsp3) is 0.529. The average molecular weight is 323 g/mol. The maximum atomic E-state index is 12.3. The van der Waals surface area contributed by atoms with Crippen molar-refractivity contribution in [3.8, 4) is 11.5 Å². The highest BCUT2D eigenvalue weighted by atomic mass is 16.5. The van der Waals surface area contributed by atoms with Crippen molar-refractivity contribution in [1.82, 2.24) is 4.90 Å². The van der Waals surface area contributed by atoms with Crippen molar-refractivity contribution >= 4 is 11.9 Å². The Kier molecular flexibility index (Phi) is 6.88. The van der Waals surface area contributed by atoms with Gasteiger partial charge in [0.2, 0.25) is 0 Å². The number of carboxylic acids is 1. The van der Waals surface area contributed by atoms with Crippen LogP contribution in [0.1, 0.15) is 37.6 Å². The lowest BCUT2D eigenvalue weighted by molar-refractivity contribution is -0.141. The molecule has 0 heterocycles. The van der Waals surface area contributed by atoms with Crippen molar-refractivity contribution in [3.05, 3.63) is 23.8 Å². The van der Waals surface area contributed by atoms with Gasteiger partial charge in [-0.3, -0.25) is 4.79 Å². The summed E-state index contributed by atoms with van der Waals surface area (Å²) in [4.78, 5) is 24.5. The monoisotopic (exact) mass is 323 g/mol. The Labute approximate surface area is 137 Å². The van der Waals surface area contributed by atoms with Crippen LogP contribution in [0.5, 0.6) is 11.5 Å². The van der Waals surface area contributed by atoms with E-state index in [1.54, 1.807) is 18.2 Å². The molecule has 1 N–H and O–H groups in total. The number of carbonyl (C=O) groups excluding carboxylic acids is 1. The zero-order valence-electron chi connectivity index (χ0n) is 14.3. The third kappa shape index (κ3) is 5.16. The van der Waals surface area contributed by atoms with E-state index in [2.05, 4.69) is 13.8 Å². The molecule has 1 amide bonds. The van der Waals surface area contributed by atoms with E-state index in [0.29, 0.717) is 29.6 Å². The van der Waals surface area contributed by atoms with Gasteiger partial charge >= 0.3 is 5.97 Å². The van der Waals surface area contributed by atoms with Crippen LogP contribution in [0.4, 0.5) is 0 Å². The molecule has 1 aromatic rings. The summed E-state index contributed by atoms with van der Waals surface area (Å²) in [6.45, 7) is 6.25. The first-order valence-corrected chi connectivity index (χ1v) is 7.58. The van der Waals surface area contributed by atoms with Gasteiger partial charge < -0.3 is 19.5 Å². The van der Waals surface area contributed by atoms with E-state index in [4.69, 9.17) is 14.6 Å². The second-order valence-corrected chi connectivity index (χ2v) is 5.83. The van der Waals surface area contributed by atoms with Gasteiger partial charge in [0.05, 0.1) is 13.7 Å². The second-order valence-electron chi connectivity index (χ2n) is 5.83. The summed E-state index contributed by atoms with van der Waals surface area (Å²) in [6, 6.07) is 3.94. The van der Waals surface area contributed by atoms with E-state index in [1.807, 2.05) is 0 Å². The van der Waals surface area contributed by atoms with Gasteiger partial charge in [0.1, 0.15) is 6.04 Å². The summed E-state index contributed by atoms with van der Waals surface area (Å²) in [7, 11) is 2.96. The van der Waals surface area contributed by atoms with Crippen molar-refractivity contribution in [2.45, 2.75) is 33.2 Å². The number of hydrogen-bond acceptors (Lipinski definition) is 4. The number of benzene rings is 1. The third-order valence-electron chi connectivity index (χ3n) is 3.62. The van der Waals surface area contributed by atoms with Crippen LogP contribution in [0, 0.1) is 5.92 Å². The molecule has 1 unspecified atom stereocenters. The van der Waals surface area contributed by atoms with Gasteiger partial charge in [-0.15, -0.1) is 0 Å². The zero-order chi connectivity index (χ0) is 17.6. The van der Waals surface area contributed by atoms with Crippen LogP contribution < -0.4 is 9.47 Å². The van der Waals surface area contributed by atoms with E-state index in [-0.39, 0.29) is 5.91 Å². The molecule has 128 valence electrons. The molecule has 0 aliphatic carbocycles. The Bertz CT molecular complexity index is 556. The number of methoxy groups -OCH3 is 1. The van der Waals surface area contributed by atoms with E-state index < -0.39 is 12.0 Å². The Morgan fingerprint density at radius 2 is 1.87 bits per heavy atom. The number of carboxylic acid groups (broad SMARTS) is 1. The van der Waals surface area contributed by atoms with E-state index in [9.17, 15) is 9.59 Å². The van der Waals surface area contributed by atoms with Gasteiger partial charge in [0.25, 0.3) is 5.91 Å². The Morgan fingerprint density at radius 1 is 1.22 bits per heavy atom. The fourth-order valence-electron chi connectivity index (χ4n) is 1.87. The smallest absolute Gasteiger partial charge is 0.326 e. The van der Waals surface area contributed by atoms with Gasteiger partial charge in [0, 0.05) is 12.6 Å². The molecule has 0 fully saturated rings. The number of hydrogen-bond donors (Lipinski definition) is 1. The van der Waals surface area contributed by atoms with Crippen LogP contribution in [-0.4, -0.2) is 48.7 Å². The number of amides is 1. The number of nitrogens with zero attached hydrogens (tertiary/aromatic N) is 1. The van der Waals surface area contributed by atoms with Gasteiger partial charge in [-0.2, -0.15) is 0 Å². The molecule has 0 aliphatic rings. The predicted octanol–water partition coefficient (Wildman–Crippen LogP) is 2.67. The van der Waals surface area contributed by atoms with Crippen molar-refractivity contribution in [3.63, 3.8) is 0 Å². The van der Waals surface area contributed by atoms with Crippen LogP contribution in [0.2, 0.25) is 0 Å². The molecule has 0 aromatic heterocycles. The number of rotatable bonds is 8. The van der Waals surface area contributed by atoms with E-state index in [1.165, 1.54) is 26.0 Å². The van der Waals surface area contributed by atoms with Crippen LogP contribution >= 0.6 is 0 Å². The highest BCUT2D eigenvalue weighted by molar-refractivity contribution is 5.96. The van der Waals surface area contributed by atoms with Gasteiger partial charge in [0.15, 0.2) is 11.5 Å². The summed E-state index contributed by atoms with van der Waals surface area (Å²) >= 11 is 0. The maximum Gasteiger partial charge on any atom is 0.326 e. The van der Waals surface area contributed by atoms with Gasteiger partial charge in [-0.05, 0) is 37.5 Å². The molecule has 0 spiro atoms. The maximum absolute atomic E-state index is 12.3. The SMILES string of the molecule is COc1cc(C(=O)N(C)C(C)C(=O)O)ccc1OCCC(C)C. The normalized spacial score (nSPS) is 11.9. The molecule has 1 rings (SSSR count). The lowest BCUT2D eigenvalue weighted by Gasteiger charge is -2.22. The van der Waals surface area contributed by atoms with Crippen molar-refractivity contribution in [2.75, 3.05) is 20.8 Å². The first kappa shape index (κ1) is 18.8. The Morgan fingerprint density at radius 3 is 2.39 bits per heavy atom. The minimum atomic E-state index is -1.05. The molecule has 0 bridgehead atoms. The van der Waals surface area contributed by atoms with Crippen molar-refractivity contribution in [2.24, 2.45) is 5.92 Å². The third-order valence-corrected chi connectivity index (χ3v) is 3.62. The molecule has 0 radical (unpaired) electrons. The zero-order valence-corrected chi connectivity index (χ0v) is 14.3. The van der Waals surface area contributed by atoms with Crippen molar-refractivity contribution in [1.29, 1.82) is 0 Å². The number of aliphatic carboxylic acids is 1. The molecular weight excluding hydrogens is 298 g/mol. The quantitative estimate of drug-likeness (QED) is 0.796. The van der Waals surface area contributed by atoms with Crippen LogP contribution in [-0.2, 0) is 4.79 Å². The predicted molar refractivity (Wildman–Crippen MR) is 87.1 cm³/mol. The highest BCUT2D eigenvalue weighted by Gasteiger charge is 2.23. The standard InChI is InChI=1S/C17H25NO5/c1-11(2)8-9-23-14-7-6-13(10-15(14)22-5)16(19)18(4)12(3)17(20)21/h6-7,10-12H,8-9H2,1-5H3,(H,20,21). The molecule has 6 heteroatoms. The first-order chi connectivity index (χ1) is 10.8. The number of carbonyl (C=O) groups is 2. The molecule has 0 saturated carbocycles. The Balaban J connectivity index is 2.89. The highest BCUT2D eigenvalue weighted by Crippen LogP contribution is 2.29. The molecule has 23 heavy (non-hydrogen) atoms. The van der Waals surface area contributed by atoms with Crippen molar-refractivity contribution < 1.29 is 24.2 Å².